The molecular weight excluding hydrogens is 164 g/mol. The summed E-state index contributed by atoms with van der Waals surface area (Å²) in [6, 6.07) is 0. The van der Waals surface area contributed by atoms with Crippen LogP contribution in [-0.4, -0.2) is 17.0 Å². The monoisotopic (exact) mass is 182 g/mol. The molecule has 0 amide bonds. The quantitative estimate of drug-likeness (QED) is 0.677. The summed E-state index contributed by atoms with van der Waals surface area (Å²) in [5, 5.41) is 9.76. The van der Waals surface area contributed by atoms with Gasteiger partial charge < -0.3 is 5.11 Å². The van der Waals surface area contributed by atoms with Gasteiger partial charge in [0.15, 0.2) is 0 Å². The summed E-state index contributed by atoms with van der Waals surface area (Å²) in [6.07, 6.45) is 6.19. The van der Waals surface area contributed by atoms with Crippen molar-refractivity contribution in [3.8, 4) is 0 Å². The molecule has 13 heavy (non-hydrogen) atoms. The van der Waals surface area contributed by atoms with Gasteiger partial charge in [-0.3, -0.25) is 4.79 Å². The lowest BCUT2D eigenvalue weighted by atomic mass is 9.80. The van der Waals surface area contributed by atoms with Gasteiger partial charge in [0.1, 0.15) is 5.78 Å². The van der Waals surface area contributed by atoms with Gasteiger partial charge in [-0.1, -0.05) is 19.1 Å². The first-order valence-electron chi connectivity index (χ1n) is 4.95. The van der Waals surface area contributed by atoms with E-state index in [9.17, 15) is 9.90 Å². The Morgan fingerprint density at radius 3 is 2.92 bits per heavy atom. The average Bonchev–Trinajstić information content (AvgIpc) is 2.03. The van der Waals surface area contributed by atoms with Crippen LogP contribution in [0.15, 0.2) is 12.2 Å². The molecule has 0 aromatic heterocycles. The lowest BCUT2D eigenvalue weighted by Gasteiger charge is -2.28. The Kier molecular flexibility index (Phi) is 3.67. The Balaban J connectivity index is 2.50. The van der Waals surface area contributed by atoms with Gasteiger partial charge in [0.25, 0.3) is 0 Å². The van der Waals surface area contributed by atoms with E-state index in [1.807, 2.05) is 0 Å². The van der Waals surface area contributed by atoms with Gasteiger partial charge in [-0.05, 0) is 31.6 Å². The van der Waals surface area contributed by atoms with Gasteiger partial charge in [0.2, 0.25) is 0 Å². The highest BCUT2D eigenvalue weighted by Gasteiger charge is 2.25. The van der Waals surface area contributed by atoms with Gasteiger partial charge in [0, 0.05) is 6.42 Å². The van der Waals surface area contributed by atoms with Crippen LogP contribution in [0.25, 0.3) is 0 Å². The van der Waals surface area contributed by atoms with Crippen LogP contribution >= 0.6 is 0 Å². The van der Waals surface area contributed by atoms with E-state index in [-0.39, 0.29) is 11.7 Å². The molecule has 0 radical (unpaired) electrons. The smallest absolute Gasteiger partial charge is 0.132 e. The zero-order valence-corrected chi connectivity index (χ0v) is 8.36. The number of aliphatic hydroxyl groups excluding tert-OH is 1. The van der Waals surface area contributed by atoms with Crippen LogP contribution in [0, 0.1) is 11.8 Å². The fourth-order valence-corrected chi connectivity index (χ4v) is 1.99. The molecule has 0 saturated carbocycles. The lowest BCUT2D eigenvalue weighted by molar-refractivity contribution is -0.119. The maximum atomic E-state index is 10.8. The molecule has 1 aliphatic rings. The van der Waals surface area contributed by atoms with E-state index >= 15 is 0 Å². The van der Waals surface area contributed by atoms with Crippen molar-refractivity contribution in [2.75, 3.05) is 0 Å². The molecule has 3 atom stereocenters. The summed E-state index contributed by atoms with van der Waals surface area (Å²) in [6.45, 7) is 3.64. The predicted molar refractivity (Wildman–Crippen MR) is 52.3 cm³/mol. The van der Waals surface area contributed by atoms with Gasteiger partial charge >= 0.3 is 0 Å². The number of hydrogen-bond acceptors (Lipinski definition) is 2. The molecule has 1 N–H and O–H groups in total. The Morgan fingerprint density at radius 2 is 2.38 bits per heavy atom. The van der Waals surface area contributed by atoms with Crippen molar-refractivity contribution in [1.82, 2.24) is 0 Å². The van der Waals surface area contributed by atoms with Gasteiger partial charge in [-0.2, -0.15) is 0 Å². The summed E-state index contributed by atoms with van der Waals surface area (Å²) in [7, 11) is 0. The highest BCUT2D eigenvalue weighted by molar-refractivity contribution is 5.75. The first kappa shape index (κ1) is 10.5. The zero-order valence-electron chi connectivity index (χ0n) is 8.36. The topological polar surface area (TPSA) is 37.3 Å². The molecule has 0 fully saturated rings. The first-order chi connectivity index (χ1) is 6.11. The summed E-state index contributed by atoms with van der Waals surface area (Å²) in [5.41, 5.74) is 0. The van der Waals surface area contributed by atoms with Crippen LogP contribution in [-0.2, 0) is 4.79 Å². The van der Waals surface area contributed by atoms with Crippen LogP contribution < -0.4 is 0 Å². The number of hydrogen-bond donors (Lipinski definition) is 1. The molecule has 2 nitrogen and oxygen atoms in total. The molecule has 0 bridgehead atoms. The second kappa shape index (κ2) is 4.56. The van der Waals surface area contributed by atoms with Gasteiger partial charge in [-0.15, -0.1) is 0 Å². The maximum Gasteiger partial charge on any atom is 0.132 e. The number of carbonyl (C=O) groups excluding carboxylic acids is 1. The highest BCUT2D eigenvalue weighted by atomic mass is 16.3. The molecule has 1 aliphatic carbocycles. The van der Waals surface area contributed by atoms with Crippen LogP contribution in [0.4, 0.5) is 0 Å². The maximum absolute atomic E-state index is 10.8. The summed E-state index contributed by atoms with van der Waals surface area (Å²) >= 11 is 0. The SMILES string of the molecule is CC(=O)CC(O)C1CCC=CC1C. The van der Waals surface area contributed by atoms with Gasteiger partial charge in [0.05, 0.1) is 6.10 Å². The molecule has 74 valence electrons. The van der Waals surface area contributed by atoms with E-state index in [1.165, 1.54) is 6.92 Å². The number of aliphatic hydroxyl groups is 1. The predicted octanol–water partition coefficient (Wildman–Crippen LogP) is 1.93. The third-order valence-corrected chi connectivity index (χ3v) is 2.77. The van der Waals surface area contributed by atoms with Crippen molar-refractivity contribution in [3.63, 3.8) is 0 Å². The minimum atomic E-state index is -0.447. The number of allylic oxidation sites excluding steroid dienone is 2. The summed E-state index contributed by atoms with van der Waals surface area (Å²) < 4.78 is 0. The van der Waals surface area contributed by atoms with Crippen molar-refractivity contribution in [2.45, 2.75) is 39.2 Å². The largest absolute Gasteiger partial charge is 0.392 e. The number of Topliss-reactive ketones (excluding diaryl/α,β-unsaturated/α-hetero) is 1. The van der Waals surface area contributed by atoms with Crippen molar-refractivity contribution in [2.24, 2.45) is 11.8 Å². The molecule has 0 aromatic carbocycles. The van der Waals surface area contributed by atoms with E-state index in [2.05, 4.69) is 19.1 Å². The molecule has 2 heteroatoms. The third kappa shape index (κ3) is 2.96. The summed E-state index contributed by atoms with van der Waals surface area (Å²) in [4.78, 5) is 10.8. The molecule has 3 unspecified atom stereocenters. The number of ketones is 1. The van der Waals surface area contributed by atoms with E-state index in [1.54, 1.807) is 0 Å². The van der Waals surface area contributed by atoms with E-state index in [4.69, 9.17) is 0 Å². The highest BCUT2D eigenvalue weighted by Crippen LogP contribution is 2.28. The number of rotatable bonds is 3. The normalized spacial score (nSPS) is 30.1. The molecule has 0 saturated heterocycles. The molecule has 1 rings (SSSR count). The fourth-order valence-electron chi connectivity index (χ4n) is 1.99. The van der Waals surface area contributed by atoms with Crippen molar-refractivity contribution >= 4 is 5.78 Å². The Labute approximate surface area is 79.6 Å². The Bertz CT molecular complexity index is 208. The van der Waals surface area contributed by atoms with E-state index in [0.29, 0.717) is 12.3 Å². The zero-order chi connectivity index (χ0) is 9.84. The van der Waals surface area contributed by atoms with Crippen LogP contribution in [0.3, 0.4) is 0 Å². The fraction of sp³-hybridized carbons (Fsp3) is 0.727. The summed E-state index contributed by atoms with van der Waals surface area (Å²) in [5.74, 6) is 0.756. The standard InChI is InChI=1S/C11H18O2/c1-8-5-3-4-6-10(8)11(13)7-9(2)12/h3,5,8,10-11,13H,4,6-7H2,1-2H3. The lowest BCUT2D eigenvalue weighted by Crippen LogP contribution is -2.28. The molecule has 0 aromatic rings. The van der Waals surface area contributed by atoms with Crippen LogP contribution in [0.1, 0.15) is 33.1 Å². The van der Waals surface area contributed by atoms with Crippen LogP contribution in [0.2, 0.25) is 0 Å². The van der Waals surface area contributed by atoms with Crippen LogP contribution in [0.5, 0.6) is 0 Å². The second-order valence-corrected chi connectivity index (χ2v) is 4.00. The molecule has 0 spiro atoms. The van der Waals surface area contributed by atoms with Gasteiger partial charge in [-0.25, -0.2) is 0 Å². The number of carbonyl (C=O) groups is 1. The second-order valence-electron chi connectivity index (χ2n) is 4.00. The van der Waals surface area contributed by atoms with Crippen molar-refractivity contribution in [3.05, 3.63) is 12.2 Å². The first-order valence-corrected chi connectivity index (χ1v) is 4.95. The van der Waals surface area contributed by atoms with Crippen molar-refractivity contribution in [1.29, 1.82) is 0 Å². The minimum absolute atomic E-state index is 0.0780. The third-order valence-electron chi connectivity index (χ3n) is 2.77. The molecule has 0 heterocycles. The van der Waals surface area contributed by atoms with Crippen molar-refractivity contribution < 1.29 is 9.90 Å². The molecule has 0 aliphatic heterocycles. The van der Waals surface area contributed by atoms with E-state index < -0.39 is 6.10 Å². The molecular formula is C11H18O2. The van der Waals surface area contributed by atoms with E-state index in [0.717, 1.165) is 12.8 Å². The average molecular weight is 182 g/mol. The Hall–Kier alpha value is -0.630. The minimum Gasteiger partial charge on any atom is -0.392 e. The Morgan fingerprint density at radius 1 is 1.69 bits per heavy atom.